The van der Waals surface area contributed by atoms with Crippen LogP contribution in [-0.4, -0.2) is 17.9 Å². The summed E-state index contributed by atoms with van der Waals surface area (Å²) in [6.07, 6.45) is 1.65. The highest BCUT2D eigenvalue weighted by Crippen LogP contribution is 2.16. The number of rotatable bonds is 3. The van der Waals surface area contributed by atoms with Gasteiger partial charge in [-0.05, 0) is 52.9 Å². The highest BCUT2D eigenvalue weighted by Gasteiger charge is 2.11. The van der Waals surface area contributed by atoms with Crippen molar-refractivity contribution in [3.8, 4) is 0 Å². The number of amides is 1. The number of anilines is 2. The SMILES string of the molecule is CNc1ncccc1C(=O)Nc1cccc(I)c1. The summed E-state index contributed by atoms with van der Waals surface area (Å²) < 4.78 is 1.07. The van der Waals surface area contributed by atoms with Crippen LogP contribution in [0.5, 0.6) is 0 Å². The van der Waals surface area contributed by atoms with Crippen molar-refractivity contribution in [1.82, 2.24) is 4.98 Å². The van der Waals surface area contributed by atoms with Gasteiger partial charge in [0.05, 0.1) is 5.56 Å². The van der Waals surface area contributed by atoms with E-state index in [9.17, 15) is 4.79 Å². The number of benzene rings is 1. The van der Waals surface area contributed by atoms with Crippen molar-refractivity contribution >= 4 is 40.0 Å². The Kier molecular flexibility index (Phi) is 4.14. The van der Waals surface area contributed by atoms with Crippen LogP contribution in [0.15, 0.2) is 42.6 Å². The molecule has 2 aromatic rings. The van der Waals surface area contributed by atoms with Crippen molar-refractivity contribution in [2.24, 2.45) is 0 Å². The molecule has 0 aliphatic rings. The third kappa shape index (κ3) is 2.98. The van der Waals surface area contributed by atoms with Gasteiger partial charge in [-0.2, -0.15) is 0 Å². The molecule has 1 heterocycles. The quantitative estimate of drug-likeness (QED) is 0.835. The fourth-order valence-electron chi connectivity index (χ4n) is 1.55. The Labute approximate surface area is 119 Å². The summed E-state index contributed by atoms with van der Waals surface area (Å²) in [7, 11) is 1.74. The first kappa shape index (κ1) is 12.8. The molecule has 0 saturated heterocycles. The number of carbonyl (C=O) groups excluding carboxylic acids is 1. The molecule has 0 spiro atoms. The van der Waals surface area contributed by atoms with Crippen LogP contribution in [0.25, 0.3) is 0 Å². The molecular formula is C13H12IN3O. The molecular weight excluding hydrogens is 341 g/mol. The van der Waals surface area contributed by atoms with Crippen molar-refractivity contribution in [1.29, 1.82) is 0 Å². The third-order valence-corrected chi connectivity index (χ3v) is 3.04. The number of pyridine rings is 1. The Morgan fingerprint density at radius 2 is 2.11 bits per heavy atom. The van der Waals surface area contributed by atoms with Crippen LogP contribution in [0.3, 0.4) is 0 Å². The van der Waals surface area contributed by atoms with Crippen molar-refractivity contribution in [2.75, 3.05) is 17.7 Å². The van der Waals surface area contributed by atoms with Gasteiger partial charge in [0.1, 0.15) is 5.82 Å². The molecule has 18 heavy (non-hydrogen) atoms. The minimum atomic E-state index is -0.172. The summed E-state index contributed by atoms with van der Waals surface area (Å²) in [4.78, 5) is 16.2. The van der Waals surface area contributed by atoms with E-state index in [0.717, 1.165) is 9.26 Å². The molecule has 0 fully saturated rings. The Balaban J connectivity index is 2.22. The molecule has 0 atom stereocenters. The number of hydrogen-bond donors (Lipinski definition) is 2. The highest BCUT2D eigenvalue weighted by molar-refractivity contribution is 14.1. The van der Waals surface area contributed by atoms with Gasteiger partial charge in [-0.3, -0.25) is 4.79 Å². The zero-order valence-electron chi connectivity index (χ0n) is 9.77. The summed E-state index contributed by atoms with van der Waals surface area (Å²) in [5.74, 6) is 0.398. The van der Waals surface area contributed by atoms with Gasteiger partial charge in [-0.1, -0.05) is 6.07 Å². The summed E-state index contributed by atoms with van der Waals surface area (Å²) in [6, 6.07) is 11.1. The van der Waals surface area contributed by atoms with Crippen LogP contribution in [0, 0.1) is 3.57 Å². The van der Waals surface area contributed by atoms with Crippen LogP contribution in [0.2, 0.25) is 0 Å². The molecule has 1 aromatic heterocycles. The number of halogens is 1. The molecule has 2 N–H and O–H groups in total. The van der Waals surface area contributed by atoms with Gasteiger partial charge in [0.2, 0.25) is 0 Å². The van der Waals surface area contributed by atoms with E-state index in [2.05, 4.69) is 38.2 Å². The zero-order chi connectivity index (χ0) is 13.0. The molecule has 0 saturated carbocycles. The molecule has 1 aromatic carbocycles. The normalized spacial score (nSPS) is 9.89. The molecule has 5 heteroatoms. The Bertz CT molecular complexity index is 572. The van der Waals surface area contributed by atoms with E-state index in [-0.39, 0.29) is 5.91 Å². The zero-order valence-corrected chi connectivity index (χ0v) is 11.9. The van der Waals surface area contributed by atoms with Gasteiger partial charge in [0.25, 0.3) is 5.91 Å². The fourth-order valence-corrected chi connectivity index (χ4v) is 2.10. The second-order valence-electron chi connectivity index (χ2n) is 3.61. The largest absolute Gasteiger partial charge is 0.372 e. The second-order valence-corrected chi connectivity index (χ2v) is 4.86. The minimum absolute atomic E-state index is 0.172. The van der Waals surface area contributed by atoms with Gasteiger partial charge in [0, 0.05) is 22.5 Å². The van der Waals surface area contributed by atoms with Crippen LogP contribution < -0.4 is 10.6 Å². The summed E-state index contributed by atoms with van der Waals surface area (Å²) in [5, 5.41) is 5.75. The molecule has 2 rings (SSSR count). The summed E-state index contributed by atoms with van der Waals surface area (Å²) in [5.41, 5.74) is 1.30. The number of carbonyl (C=O) groups is 1. The van der Waals surface area contributed by atoms with Crippen molar-refractivity contribution in [3.05, 3.63) is 51.7 Å². The first-order chi connectivity index (χ1) is 8.70. The van der Waals surface area contributed by atoms with E-state index in [1.54, 1.807) is 25.4 Å². The molecule has 4 nitrogen and oxygen atoms in total. The lowest BCUT2D eigenvalue weighted by atomic mass is 10.2. The predicted molar refractivity (Wildman–Crippen MR) is 80.9 cm³/mol. The number of aromatic nitrogens is 1. The van der Waals surface area contributed by atoms with Gasteiger partial charge < -0.3 is 10.6 Å². The lowest BCUT2D eigenvalue weighted by Gasteiger charge is -2.08. The van der Waals surface area contributed by atoms with E-state index in [1.165, 1.54) is 0 Å². The van der Waals surface area contributed by atoms with Gasteiger partial charge >= 0.3 is 0 Å². The Hall–Kier alpha value is -1.63. The molecule has 0 unspecified atom stereocenters. The molecule has 0 radical (unpaired) electrons. The second kappa shape index (κ2) is 5.81. The van der Waals surface area contributed by atoms with E-state index >= 15 is 0 Å². The van der Waals surface area contributed by atoms with E-state index in [0.29, 0.717) is 11.4 Å². The number of hydrogen-bond acceptors (Lipinski definition) is 3. The van der Waals surface area contributed by atoms with E-state index < -0.39 is 0 Å². The first-order valence-corrected chi connectivity index (χ1v) is 6.48. The fraction of sp³-hybridized carbons (Fsp3) is 0.0769. The monoisotopic (exact) mass is 353 g/mol. The topological polar surface area (TPSA) is 54.0 Å². The maximum atomic E-state index is 12.1. The van der Waals surface area contributed by atoms with Gasteiger partial charge in [0.15, 0.2) is 0 Å². The van der Waals surface area contributed by atoms with Crippen molar-refractivity contribution in [3.63, 3.8) is 0 Å². The van der Waals surface area contributed by atoms with Crippen LogP contribution >= 0.6 is 22.6 Å². The maximum absolute atomic E-state index is 12.1. The van der Waals surface area contributed by atoms with Crippen LogP contribution in [0.4, 0.5) is 11.5 Å². The molecule has 1 amide bonds. The smallest absolute Gasteiger partial charge is 0.259 e. The van der Waals surface area contributed by atoms with Crippen molar-refractivity contribution < 1.29 is 4.79 Å². The van der Waals surface area contributed by atoms with Crippen molar-refractivity contribution in [2.45, 2.75) is 0 Å². The summed E-state index contributed by atoms with van der Waals surface area (Å²) >= 11 is 2.20. The van der Waals surface area contributed by atoms with E-state index in [1.807, 2.05) is 24.3 Å². The number of nitrogens with zero attached hydrogens (tertiary/aromatic N) is 1. The minimum Gasteiger partial charge on any atom is -0.372 e. The standard InChI is InChI=1S/C13H12IN3O/c1-15-12-11(6-3-7-16-12)13(18)17-10-5-2-4-9(14)8-10/h2-8H,1H3,(H,15,16)(H,17,18). The first-order valence-electron chi connectivity index (χ1n) is 5.40. The average Bonchev–Trinajstić information content (AvgIpc) is 2.38. The van der Waals surface area contributed by atoms with Gasteiger partial charge in [-0.15, -0.1) is 0 Å². The number of nitrogens with one attached hydrogen (secondary N) is 2. The molecule has 0 bridgehead atoms. The van der Waals surface area contributed by atoms with E-state index in [4.69, 9.17) is 0 Å². The molecule has 0 aliphatic carbocycles. The van der Waals surface area contributed by atoms with Crippen LogP contribution in [0.1, 0.15) is 10.4 Å². The lowest BCUT2D eigenvalue weighted by Crippen LogP contribution is -2.14. The Morgan fingerprint density at radius 1 is 1.28 bits per heavy atom. The van der Waals surface area contributed by atoms with Crippen LogP contribution in [-0.2, 0) is 0 Å². The molecule has 92 valence electrons. The van der Waals surface area contributed by atoms with Gasteiger partial charge in [-0.25, -0.2) is 4.98 Å². The highest BCUT2D eigenvalue weighted by atomic mass is 127. The average molecular weight is 353 g/mol. The Morgan fingerprint density at radius 3 is 2.83 bits per heavy atom. The third-order valence-electron chi connectivity index (χ3n) is 2.37. The summed E-state index contributed by atoms with van der Waals surface area (Å²) in [6.45, 7) is 0. The molecule has 0 aliphatic heterocycles. The lowest BCUT2D eigenvalue weighted by molar-refractivity contribution is 0.102. The maximum Gasteiger partial charge on any atom is 0.259 e. The predicted octanol–water partition coefficient (Wildman–Crippen LogP) is 2.98.